The summed E-state index contributed by atoms with van der Waals surface area (Å²) < 4.78 is 8.22. The Kier molecular flexibility index (Phi) is 7.00. The predicted octanol–water partition coefficient (Wildman–Crippen LogP) is 0.433. The number of nitrogens with zero attached hydrogens (tertiary/aromatic N) is 4. The molecule has 1 aliphatic rings. The fourth-order valence-corrected chi connectivity index (χ4v) is 3.40. The Hall–Kier alpha value is -2.45. The summed E-state index contributed by atoms with van der Waals surface area (Å²) in [5.41, 5.74) is 0.918. The highest BCUT2D eigenvalue weighted by molar-refractivity contribution is 5.75. The Bertz CT molecular complexity index is 824. The van der Waals surface area contributed by atoms with E-state index in [0.717, 1.165) is 38.3 Å². The summed E-state index contributed by atoms with van der Waals surface area (Å²) in [6, 6.07) is 10.2. The van der Waals surface area contributed by atoms with Crippen molar-refractivity contribution in [1.29, 1.82) is 0 Å². The second kappa shape index (κ2) is 9.66. The number of carbonyl (C=O) groups is 1. The second-order valence-corrected chi connectivity index (χ2v) is 7.18. The van der Waals surface area contributed by atoms with Gasteiger partial charge in [-0.15, -0.1) is 0 Å². The average molecular weight is 387 g/mol. The zero-order valence-electron chi connectivity index (χ0n) is 16.6. The van der Waals surface area contributed by atoms with Gasteiger partial charge in [0.25, 0.3) is 0 Å². The number of hydrogen-bond acceptors (Lipinski definition) is 5. The molecule has 152 valence electrons. The molecule has 28 heavy (non-hydrogen) atoms. The van der Waals surface area contributed by atoms with Gasteiger partial charge < -0.3 is 10.1 Å². The van der Waals surface area contributed by atoms with E-state index in [1.807, 2.05) is 30.3 Å². The zero-order chi connectivity index (χ0) is 19.9. The number of amides is 1. The van der Waals surface area contributed by atoms with E-state index in [1.54, 1.807) is 11.5 Å². The number of morpholine rings is 1. The van der Waals surface area contributed by atoms with E-state index in [4.69, 9.17) is 4.74 Å². The van der Waals surface area contributed by atoms with Crippen LogP contribution in [0.25, 0.3) is 0 Å². The first-order valence-electron chi connectivity index (χ1n) is 9.81. The molecule has 1 saturated heterocycles. The summed E-state index contributed by atoms with van der Waals surface area (Å²) in [6.07, 6.45) is 0.747. The third-order valence-electron chi connectivity index (χ3n) is 5.13. The minimum Gasteiger partial charge on any atom is -0.379 e. The number of ether oxygens (including phenoxy) is 1. The van der Waals surface area contributed by atoms with Crippen LogP contribution in [0.1, 0.15) is 18.3 Å². The van der Waals surface area contributed by atoms with E-state index in [9.17, 15) is 9.59 Å². The van der Waals surface area contributed by atoms with Crippen molar-refractivity contribution in [2.24, 2.45) is 0 Å². The molecule has 0 saturated carbocycles. The van der Waals surface area contributed by atoms with Crippen LogP contribution in [0.5, 0.6) is 0 Å². The van der Waals surface area contributed by atoms with Crippen molar-refractivity contribution in [1.82, 2.24) is 24.6 Å². The van der Waals surface area contributed by atoms with Crippen molar-refractivity contribution in [3.8, 4) is 0 Å². The monoisotopic (exact) mass is 387 g/mol. The Morgan fingerprint density at radius 2 is 1.96 bits per heavy atom. The molecule has 0 spiro atoms. The van der Waals surface area contributed by atoms with Crippen LogP contribution in [-0.2, 0) is 29.0 Å². The molecular formula is C20H29N5O3. The molecule has 1 atom stereocenters. The highest BCUT2D eigenvalue weighted by atomic mass is 16.5. The van der Waals surface area contributed by atoms with Crippen molar-refractivity contribution in [2.45, 2.75) is 39.4 Å². The number of rotatable bonds is 8. The molecule has 8 nitrogen and oxygen atoms in total. The average Bonchev–Trinajstić information content (AvgIpc) is 2.98. The van der Waals surface area contributed by atoms with E-state index in [-0.39, 0.29) is 24.2 Å². The van der Waals surface area contributed by atoms with Gasteiger partial charge in [-0.25, -0.2) is 9.48 Å². The largest absolute Gasteiger partial charge is 0.379 e. The first-order chi connectivity index (χ1) is 13.5. The van der Waals surface area contributed by atoms with Crippen LogP contribution >= 0.6 is 0 Å². The van der Waals surface area contributed by atoms with Crippen molar-refractivity contribution >= 4 is 5.91 Å². The molecule has 2 heterocycles. The molecule has 0 radical (unpaired) electrons. The molecule has 1 N–H and O–H groups in total. The summed E-state index contributed by atoms with van der Waals surface area (Å²) in [7, 11) is 0. The van der Waals surface area contributed by atoms with E-state index >= 15 is 0 Å². The number of aryl methyl sites for hydroxylation is 2. The molecule has 3 rings (SSSR count). The van der Waals surface area contributed by atoms with Crippen LogP contribution in [0.3, 0.4) is 0 Å². The third-order valence-corrected chi connectivity index (χ3v) is 5.13. The summed E-state index contributed by atoms with van der Waals surface area (Å²) >= 11 is 0. The lowest BCUT2D eigenvalue weighted by molar-refractivity contribution is -0.122. The Morgan fingerprint density at radius 3 is 2.68 bits per heavy atom. The Balaban J connectivity index is 1.52. The van der Waals surface area contributed by atoms with Gasteiger partial charge in [-0.1, -0.05) is 30.3 Å². The van der Waals surface area contributed by atoms with Crippen LogP contribution in [0.15, 0.2) is 35.1 Å². The molecule has 0 unspecified atom stereocenters. The molecule has 0 aliphatic carbocycles. The number of carbonyl (C=O) groups excluding carboxylic acids is 1. The topological polar surface area (TPSA) is 81.4 Å². The van der Waals surface area contributed by atoms with Gasteiger partial charge in [0.05, 0.1) is 13.2 Å². The minimum atomic E-state index is -0.246. The fraction of sp³-hybridized carbons (Fsp3) is 0.550. The summed E-state index contributed by atoms with van der Waals surface area (Å²) in [6.45, 7) is 8.12. The molecule has 1 aromatic heterocycles. The standard InChI is InChI=1S/C20H29N5O3/c1-16(23-10-12-28-13-11-23)14-21-19(26)15-25-20(27)24(17(2)22-25)9-8-18-6-4-3-5-7-18/h3-7,16H,8-15H2,1-2H3,(H,21,26)/t16-/m1/s1. The van der Waals surface area contributed by atoms with Crippen molar-refractivity contribution in [3.63, 3.8) is 0 Å². The quantitative estimate of drug-likeness (QED) is 0.711. The van der Waals surface area contributed by atoms with Crippen LogP contribution in [-0.4, -0.2) is 64.0 Å². The first kappa shape index (κ1) is 20.3. The van der Waals surface area contributed by atoms with Crippen LogP contribution in [0.2, 0.25) is 0 Å². The van der Waals surface area contributed by atoms with E-state index in [1.165, 1.54) is 4.68 Å². The van der Waals surface area contributed by atoms with Crippen molar-refractivity contribution in [3.05, 3.63) is 52.2 Å². The van der Waals surface area contributed by atoms with Crippen molar-refractivity contribution < 1.29 is 9.53 Å². The van der Waals surface area contributed by atoms with Gasteiger partial charge in [0.15, 0.2) is 0 Å². The fourth-order valence-electron chi connectivity index (χ4n) is 3.40. The maximum atomic E-state index is 12.6. The van der Waals surface area contributed by atoms with Crippen molar-refractivity contribution in [2.75, 3.05) is 32.8 Å². The van der Waals surface area contributed by atoms with Crippen LogP contribution in [0, 0.1) is 6.92 Å². The first-order valence-corrected chi connectivity index (χ1v) is 9.81. The number of hydrogen-bond donors (Lipinski definition) is 1. The van der Waals surface area contributed by atoms with E-state index < -0.39 is 0 Å². The lowest BCUT2D eigenvalue weighted by Crippen LogP contribution is -2.48. The molecule has 1 aromatic carbocycles. The Morgan fingerprint density at radius 1 is 1.25 bits per heavy atom. The van der Waals surface area contributed by atoms with Gasteiger partial charge in [-0.2, -0.15) is 5.10 Å². The van der Waals surface area contributed by atoms with Gasteiger partial charge in [-0.3, -0.25) is 14.3 Å². The van der Waals surface area contributed by atoms with E-state index in [2.05, 4.69) is 22.2 Å². The van der Waals surface area contributed by atoms with Gasteiger partial charge in [0, 0.05) is 32.2 Å². The predicted molar refractivity (Wildman–Crippen MR) is 106 cm³/mol. The van der Waals surface area contributed by atoms with Crippen LogP contribution < -0.4 is 11.0 Å². The van der Waals surface area contributed by atoms with Gasteiger partial charge in [0.1, 0.15) is 12.4 Å². The Labute approximate surface area is 165 Å². The van der Waals surface area contributed by atoms with Gasteiger partial charge >= 0.3 is 5.69 Å². The zero-order valence-corrected chi connectivity index (χ0v) is 16.6. The highest BCUT2D eigenvalue weighted by Crippen LogP contribution is 2.03. The second-order valence-electron chi connectivity index (χ2n) is 7.18. The molecule has 2 aromatic rings. The van der Waals surface area contributed by atoms with Crippen LogP contribution in [0.4, 0.5) is 0 Å². The minimum absolute atomic E-state index is 0.0617. The number of nitrogens with one attached hydrogen (secondary N) is 1. The molecule has 8 heteroatoms. The highest BCUT2D eigenvalue weighted by Gasteiger charge is 2.18. The molecular weight excluding hydrogens is 358 g/mol. The lowest BCUT2D eigenvalue weighted by Gasteiger charge is -2.32. The molecule has 1 fully saturated rings. The smallest absolute Gasteiger partial charge is 0.346 e. The summed E-state index contributed by atoms with van der Waals surface area (Å²) in [5, 5.41) is 7.17. The normalized spacial score (nSPS) is 16.1. The SMILES string of the molecule is Cc1nn(CC(=O)NC[C@@H](C)N2CCOCC2)c(=O)n1CCc1ccccc1. The summed E-state index contributed by atoms with van der Waals surface area (Å²) in [5.74, 6) is 0.422. The molecule has 1 amide bonds. The van der Waals surface area contributed by atoms with Gasteiger partial charge in [0.2, 0.25) is 5.91 Å². The molecule has 0 bridgehead atoms. The summed E-state index contributed by atoms with van der Waals surface area (Å²) in [4.78, 5) is 27.2. The third kappa shape index (κ3) is 5.30. The van der Waals surface area contributed by atoms with Gasteiger partial charge in [-0.05, 0) is 25.8 Å². The van der Waals surface area contributed by atoms with E-state index in [0.29, 0.717) is 18.9 Å². The maximum absolute atomic E-state index is 12.6. The lowest BCUT2D eigenvalue weighted by atomic mass is 10.1. The number of aromatic nitrogens is 3. The molecule has 1 aliphatic heterocycles. The maximum Gasteiger partial charge on any atom is 0.346 e. The number of benzene rings is 1.